The van der Waals surface area contributed by atoms with E-state index in [1.807, 2.05) is 0 Å². The number of nitrogens with one attached hydrogen (secondary N) is 1. The van der Waals surface area contributed by atoms with E-state index in [9.17, 15) is 0 Å². The predicted octanol–water partition coefficient (Wildman–Crippen LogP) is 18.8. The normalized spacial score (nSPS) is 13.7. The number of nitrogens with zero attached hydrogens (tertiary/aromatic N) is 2. The molecule has 0 aromatic heterocycles. The van der Waals surface area contributed by atoms with E-state index in [4.69, 9.17) is 0 Å². The molecule has 4 heteroatoms. The van der Waals surface area contributed by atoms with E-state index >= 15 is 0 Å². The minimum atomic E-state index is -0.118. The number of rotatable bonds is 7. The molecule has 2 aliphatic rings. The summed E-state index contributed by atoms with van der Waals surface area (Å²) >= 11 is 0. The molecule has 76 heavy (non-hydrogen) atoms. The molecule has 0 amide bonds. The van der Waals surface area contributed by atoms with Gasteiger partial charge in [-0.1, -0.05) is 203 Å². The van der Waals surface area contributed by atoms with Crippen LogP contribution in [0.25, 0.3) is 43.8 Å². The minimum absolute atomic E-state index is 0.00849. The molecule has 0 atom stereocenters. The van der Waals surface area contributed by atoms with E-state index in [2.05, 4.69) is 300 Å². The quantitative estimate of drug-likeness (QED) is 0.161. The second-order valence-electron chi connectivity index (χ2n) is 25.1. The maximum absolute atomic E-state index is 4.04. The molecule has 0 saturated carbocycles. The zero-order chi connectivity index (χ0) is 53.1. The van der Waals surface area contributed by atoms with Crippen molar-refractivity contribution in [3.63, 3.8) is 0 Å². The highest BCUT2D eigenvalue weighted by Crippen LogP contribution is 2.51. The average Bonchev–Trinajstić information content (AvgIpc) is 3.76. The van der Waals surface area contributed by atoms with Crippen LogP contribution in [0, 0.1) is 6.92 Å². The van der Waals surface area contributed by atoms with E-state index in [0.29, 0.717) is 0 Å². The van der Waals surface area contributed by atoms with Crippen molar-refractivity contribution in [1.29, 1.82) is 0 Å². The van der Waals surface area contributed by atoms with Crippen molar-refractivity contribution in [1.82, 2.24) is 0 Å². The summed E-state index contributed by atoms with van der Waals surface area (Å²) in [6, 6.07) is 73.4. The predicted molar refractivity (Wildman–Crippen MR) is 329 cm³/mol. The van der Waals surface area contributed by atoms with Gasteiger partial charge < -0.3 is 15.1 Å². The highest BCUT2D eigenvalue weighted by Gasteiger charge is 2.36. The first-order chi connectivity index (χ1) is 36.2. The second-order valence-corrected chi connectivity index (χ2v) is 25.1. The van der Waals surface area contributed by atoms with Crippen LogP contribution >= 0.6 is 0 Å². The first-order valence-electron chi connectivity index (χ1n) is 27.2. The van der Waals surface area contributed by atoms with Crippen LogP contribution in [0.3, 0.4) is 0 Å². The Morgan fingerprint density at radius 3 is 1.64 bits per heavy atom. The van der Waals surface area contributed by atoms with Crippen molar-refractivity contribution in [3.8, 4) is 22.3 Å². The van der Waals surface area contributed by atoms with E-state index in [-0.39, 0.29) is 21.7 Å². The number of hydrogen-bond donors (Lipinski definition) is 1. The molecule has 1 radical (unpaired) electrons. The van der Waals surface area contributed by atoms with Crippen molar-refractivity contribution in [3.05, 3.63) is 228 Å². The van der Waals surface area contributed by atoms with Gasteiger partial charge in [0.25, 0.3) is 0 Å². The Labute approximate surface area is 452 Å². The molecule has 1 aliphatic carbocycles. The lowest BCUT2D eigenvalue weighted by Gasteiger charge is -2.38. The molecule has 0 unspecified atom stereocenters. The second kappa shape index (κ2) is 17.9. The highest BCUT2D eigenvalue weighted by molar-refractivity contribution is 6.74. The third kappa shape index (κ3) is 8.47. The van der Waals surface area contributed by atoms with Crippen LogP contribution in [-0.4, -0.2) is 7.28 Å². The summed E-state index contributed by atoms with van der Waals surface area (Å²) in [5.41, 5.74) is 24.1. The Morgan fingerprint density at radius 1 is 0.447 bits per heavy atom. The summed E-state index contributed by atoms with van der Waals surface area (Å²) in [5, 5.41) is 8.84. The lowest BCUT2D eigenvalue weighted by Crippen LogP contribution is -2.41. The number of hydrogen-bond acceptors (Lipinski definition) is 3. The van der Waals surface area contributed by atoms with Crippen molar-refractivity contribution in [2.24, 2.45) is 0 Å². The molecule has 3 nitrogen and oxygen atoms in total. The van der Waals surface area contributed by atoms with Gasteiger partial charge in [-0.3, -0.25) is 0 Å². The van der Waals surface area contributed by atoms with Gasteiger partial charge in [-0.15, -0.1) is 0 Å². The van der Waals surface area contributed by atoms with E-state index in [1.54, 1.807) is 0 Å². The Kier molecular flexibility index (Phi) is 11.6. The van der Waals surface area contributed by atoms with Gasteiger partial charge in [0.2, 0.25) is 0 Å². The van der Waals surface area contributed by atoms with Gasteiger partial charge in [-0.05, 0) is 168 Å². The fourth-order valence-electron chi connectivity index (χ4n) is 12.0. The Bertz CT molecular complexity index is 3860. The number of fused-ring (bicyclic) bond motifs is 8. The topological polar surface area (TPSA) is 18.5 Å². The fourth-order valence-corrected chi connectivity index (χ4v) is 12.0. The number of aryl methyl sites for hydroxylation is 1. The monoisotopic (exact) mass is 987 g/mol. The zero-order valence-corrected chi connectivity index (χ0v) is 46.4. The molecular formula is C72H69BN3. The molecule has 1 N–H and O–H groups in total. The summed E-state index contributed by atoms with van der Waals surface area (Å²) < 4.78 is 0. The molecule has 375 valence electrons. The van der Waals surface area contributed by atoms with E-state index < -0.39 is 0 Å². The van der Waals surface area contributed by atoms with Crippen LogP contribution in [0.4, 0.5) is 45.5 Å². The summed E-state index contributed by atoms with van der Waals surface area (Å²) in [6.45, 7) is 27.6. The lowest BCUT2D eigenvalue weighted by molar-refractivity contribution is 0.589. The first kappa shape index (κ1) is 49.1. The van der Waals surface area contributed by atoms with Crippen LogP contribution in [-0.2, 0) is 21.7 Å². The third-order valence-electron chi connectivity index (χ3n) is 16.4. The molecule has 0 saturated heterocycles. The van der Waals surface area contributed by atoms with Crippen LogP contribution in [0.5, 0.6) is 0 Å². The van der Waals surface area contributed by atoms with Gasteiger partial charge in [-0.2, -0.15) is 0 Å². The summed E-state index contributed by atoms with van der Waals surface area (Å²) in [6.07, 6.45) is 0. The van der Waals surface area contributed by atoms with Crippen molar-refractivity contribution < 1.29 is 0 Å². The largest absolute Gasteiger partial charge is 0.355 e. The Hall–Kier alpha value is -7.82. The summed E-state index contributed by atoms with van der Waals surface area (Å²) in [5.74, 6) is 0. The van der Waals surface area contributed by atoms with Crippen LogP contribution in [0.15, 0.2) is 194 Å². The molecule has 1 aliphatic heterocycles. The fraction of sp³-hybridized carbons (Fsp3) is 0.222. The molecule has 10 aromatic rings. The van der Waals surface area contributed by atoms with Gasteiger partial charge in [0.1, 0.15) is 0 Å². The number of benzene rings is 10. The van der Waals surface area contributed by atoms with Crippen LogP contribution < -0.4 is 26.0 Å². The van der Waals surface area contributed by atoms with Crippen molar-refractivity contribution in [2.75, 3.05) is 15.1 Å². The third-order valence-corrected chi connectivity index (χ3v) is 16.4. The van der Waals surface area contributed by atoms with Gasteiger partial charge in [0, 0.05) is 61.9 Å². The standard InChI is InChI=1S/C72H69BN3/c1-45-39-51(71(8,9)10)29-38-65(45)76-66-44-55(75(53-31-25-49(26-32-53)69(2,3)4)54-33-27-50(28-34-54)70(5,6)7)35-37-63(66)73-67-60(41-48-21-15-16-22-56(48)68(67)76)59-40-46-19-13-14-20-47(46)42-64(59)74-52-30-36-58-57-23-17-18-24-61(57)72(11,12)62(58)43-52/h13-44,74H,1-12H3. The summed E-state index contributed by atoms with van der Waals surface area (Å²) in [7, 11) is 2.46. The lowest BCUT2D eigenvalue weighted by atomic mass is 9.57. The van der Waals surface area contributed by atoms with Gasteiger partial charge >= 0.3 is 0 Å². The van der Waals surface area contributed by atoms with Crippen molar-refractivity contribution in [2.45, 2.75) is 105 Å². The molecule has 10 aromatic carbocycles. The van der Waals surface area contributed by atoms with Crippen LogP contribution in [0.1, 0.15) is 110 Å². The van der Waals surface area contributed by atoms with Gasteiger partial charge in [0.15, 0.2) is 7.28 Å². The van der Waals surface area contributed by atoms with Gasteiger partial charge in [0.05, 0.1) is 0 Å². The van der Waals surface area contributed by atoms with Crippen LogP contribution in [0.2, 0.25) is 0 Å². The number of anilines is 8. The van der Waals surface area contributed by atoms with E-state index in [1.165, 1.54) is 82.8 Å². The molecule has 12 rings (SSSR count). The molecule has 0 fully saturated rings. The van der Waals surface area contributed by atoms with Gasteiger partial charge in [-0.25, -0.2) is 0 Å². The molecule has 0 bridgehead atoms. The maximum atomic E-state index is 4.04. The Balaban J connectivity index is 1.08. The SMILES string of the molecule is Cc1cc(C(C)(C)C)ccc1N1c2cc(N(c3ccc(C(C)(C)C)cc3)c3ccc(C(C)(C)C)cc3)ccc2[B]c2c(-c3cc4ccccc4cc3Nc3ccc4c(c3)C(C)(C)c3ccccc3-4)cc3ccccc3c21. The minimum Gasteiger partial charge on any atom is -0.355 e. The Morgan fingerprint density at radius 2 is 1.00 bits per heavy atom. The highest BCUT2D eigenvalue weighted by atomic mass is 15.2. The maximum Gasteiger partial charge on any atom is 0.197 e. The molecule has 1 heterocycles. The summed E-state index contributed by atoms with van der Waals surface area (Å²) in [4.78, 5) is 5.02. The van der Waals surface area contributed by atoms with Crippen molar-refractivity contribution >= 4 is 85.2 Å². The smallest absolute Gasteiger partial charge is 0.197 e. The average molecular weight is 987 g/mol. The zero-order valence-electron chi connectivity index (χ0n) is 46.4. The molecule has 0 spiro atoms. The molecular weight excluding hydrogens is 918 g/mol. The first-order valence-corrected chi connectivity index (χ1v) is 27.2. The van der Waals surface area contributed by atoms with E-state index in [0.717, 1.165) is 50.8 Å².